The van der Waals surface area contributed by atoms with E-state index in [1.165, 1.54) is 32.1 Å². The molecule has 0 heteroatoms. The fourth-order valence-electron chi connectivity index (χ4n) is 4.30. The molecule has 1 saturated carbocycles. The lowest BCUT2D eigenvalue weighted by Crippen LogP contribution is -2.14. The van der Waals surface area contributed by atoms with Crippen molar-refractivity contribution in [1.82, 2.24) is 0 Å². The smallest absolute Gasteiger partial charge is 0.00819 e. The number of hydrogen-bond donors (Lipinski definition) is 0. The lowest BCUT2D eigenvalue weighted by molar-refractivity contribution is 0.298. The van der Waals surface area contributed by atoms with Crippen LogP contribution in [0.4, 0.5) is 0 Å². The highest BCUT2D eigenvalue weighted by Crippen LogP contribution is 2.67. The molecule has 0 aliphatic heterocycles. The quantitative estimate of drug-likeness (QED) is 0.507. The van der Waals surface area contributed by atoms with E-state index in [0.717, 1.165) is 11.8 Å². The maximum absolute atomic E-state index is 2.53. The SMILES string of the molecule is C[C@@H]1CCC2=C1CC(C)(C)C[C@H]1C[C@@]21C. The molecular weight excluding hydrogens is 180 g/mol. The van der Waals surface area contributed by atoms with Gasteiger partial charge in [-0.05, 0) is 54.8 Å². The van der Waals surface area contributed by atoms with Crippen molar-refractivity contribution in [2.24, 2.45) is 22.7 Å². The maximum Gasteiger partial charge on any atom is -0.00819 e. The summed E-state index contributed by atoms with van der Waals surface area (Å²) in [6.45, 7) is 9.94. The normalized spacial score (nSPS) is 47.2. The molecule has 0 aromatic heterocycles. The first-order chi connectivity index (χ1) is 6.92. The molecule has 1 fully saturated rings. The van der Waals surface area contributed by atoms with Gasteiger partial charge in [-0.25, -0.2) is 0 Å². The molecule has 3 aliphatic rings. The van der Waals surface area contributed by atoms with Crippen molar-refractivity contribution >= 4 is 0 Å². The van der Waals surface area contributed by atoms with E-state index in [2.05, 4.69) is 27.7 Å². The Labute approximate surface area is 94.1 Å². The summed E-state index contributed by atoms with van der Waals surface area (Å²) in [4.78, 5) is 0. The summed E-state index contributed by atoms with van der Waals surface area (Å²) in [6, 6.07) is 0. The van der Waals surface area contributed by atoms with Crippen LogP contribution in [0.2, 0.25) is 0 Å². The van der Waals surface area contributed by atoms with Crippen molar-refractivity contribution in [2.75, 3.05) is 0 Å². The predicted molar refractivity (Wildman–Crippen MR) is 64.7 cm³/mol. The van der Waals surface area contributed by atoms with E-state index < -0.39 is 0 Å². The third kappa shape index (κ3) is 1.33. The second-order valence-corrected chi connectivity index (χ2v) is 7.31. The van der Waals surface area contributed by atoms with E-state index in [9.17, 15) is 0 Å². The second kappa shape index (κ2) is 2.70. The van der Waals surface area contributed by atoms with Gasteiger partial charge in [0.25, 0.3) is 0 Å². The molecular formula is C15H24. The molecule has 0 aromatic carbocycles. The molecule has 0 bridgehead atoms. The van der Waals surface area contributed by atoms with Gasteiger partial charge in [0.15, 0.2) is 0 Å². The average molecular weight is 204 g/mol. The van der Waals surface area contributed by atoms with Crippen LogP contribution in [0.3, 0.4) is 0 Å². The molecule has 3 atom stereocenters. The van der Waals surface area contributed by atoms with Gasteiger partial charge >= 0.3 is 0 Å². The zero-order valence-electron chi connectivity index (χ0n) is 10.7. The standard InChI is InChI=1S/C15H24/c1-10-5-6-13-12(10)9-14(2,3)7-11-8-15(11,13)4/h10-11H,5-9H2,1-4H3/t10-,11+,15-/m1/s1. The van der Waals surface area contributed by atoms with Gasteiger partial charge in [0, 0.05) is 0 Å². The first-order valence-electron chi connectivity index (χ1n) is 6.65. The van der Waals surface area contributed by atoms with E-state index in [1.54, 1.807) is 0 Å². The van der Waals surface area contributed by atoms with Gasteiger partial charge in [-0.2, -0.15) is 0 Å². The van der Waals surface area contributed by atoms with Gasteiger partial charge in [0.05, 0.1) is 0 Å². The van der Waals surface area contributed by atoms with Gasteiger partial charge in [0.2, 0.25) is 0 Å². The van der Waals surface area contributed by atoms with Crippen LogP contribution in [0.15, 0.2) is 11.1 Å². The second-order valence-electron chi connectivity index (χ2n) is 7.31. The van der Waals surface area contributed by atoms with Crippen LogP contribution in [0.1, 0.15) is 59.8 Å². The number of hydrogen-bond acceptors (Lipinski definition) is 0. The molecule has 0 N–H and O–H groups in total. The molecule has 0 radical (unpaired) electrons. The van der Waals surface area contributed by atoms with Crippen LogP contribution in [-0.4, -0.2) is 0 Å². The van der Waals surface area contributed by atoms with Crippen LogP contribution in [0, 0.1) is 22.7 Å². The van der Waals surface area contributed by atoms with Gasteiger partial charge in [-0.15, -0.1) is 0 Å². The summed E-state index contributed by atoms with van der Waals surface area (Å²) in [6.07, 6.45) is 7.18. The summed E-state index contributed by atoms with van der Waals surface area (Å²) < 4.78 is 0. The van der Waals surface area contributed by atoms with Gasteiger partial charge < -0.3 is 0 Å². The Bertz CT molecular complexity index is 334. The summed E-state index contributed by atoms with van der Waals surface area (Å²) in [5, 5.41) is 0. The number of fused-ring (bicyclic) bond motifs is 2. The fraction of sp³-hybridized carbons (Fsp3) is 0.867. The van der Waals surface area contributed by atoms with Crippen LogP contribution >= 0.6 is 0 Å². The topological polar surface area (TPSA) is 0 Å². The summed E-state index contributed by atoms with van der Waals surface area (Å²) in [7, 11) is 0. The van der Waals surface area contributed by atoms with Gasteiger partial charge in [0.1, 0.15) is 0 Å². The Morgan fingerprint density at radius 2 is 1.87 bits per heavy atom. The molecule has 0 heterocycles. The minimum Gasteiger partial charge on any atom is -0.0671 e. The molecule has 3 rings (SSSR count). The molecule has 3 aliphatic carbocycles. The third-order valence-electron chi connectivity index (χ3n) is 5.38. The Hall–Kier alpha value is -0.260. The molecule has 0 spiro atoms. The van der Waals surface area contributed by atoms with Crippen molar-refractivity contribution in [1.29, 1.82) is 0 Å². The van der Waals surface area contributed by atoms with E-state index >= 15 is 0 Å². The maximum atomic E-state index is 2.53. The number of allylic oxidation sites excluding steroid dienone is 2. The first-order valence-corrected chi connectivity index (χ1v) is 6.65. The highest BCUT2D eigenvalue weighted by Gasteiger charge is 2.57. The zero-order valence-corrected chi connectivity index (χ0v) is 10.7. The molecule has 0 amide bonds. The number of rotatable bonds is 0. The van der Waals surface area contributed by atoms with E-state index in [4.69, 9.17) is 0 Å². The minimum absolute atomic E-state index is 0.568. The lowest BCUT2D eigenvalue weighted by Gasteiger charge is -2.26. The average Bonchev–Trinajstić information content (AvgIpc) is 2.59. The minimum atomic E-state index is 0.568. The molecule has 0 unspecified atom stereocenters. The zero-order chi connectivity index (χ0) is 10.8. The van der Waals surface area contributed by atoms with E-state index in [1.807, 2.05) is 11.1 Å². The summed E-state index contributed by atoms with van der Waals surface area (Å²) in [5.74, 6) is 1.90. The molecule has 0 saturated heterocycles. The Morgan fingerprint density at radius 3 is 2.60 bits per heavy atom. The largest absolute Gasteiger partial charge is 0.0671 e. The fourth-order valence-corrected chi connectivity index (χ4v) is 4.30. The molecule has 0 aromatic rings. The van der Waals surface area contributed by atoms with Crippen LogP contribution < -0.4 is 0 Å². The molecule has 0 nitrogen and oxygen atoms in total. The van der Waals surface area contributed by atoms with Gasteiger partial charge in [-0.1, -0.05) is 38.8 Å². The van der Waals surface area contributed by atoms with Crippen molar-refractivity contribution < 1.29 is 0 Å². The van der Waals surface area contributed by atoms with Crippen LogP contribution in [-0.2, 0) is 0 Å². The Balaban J connectivity index is 2.03. The monoisotopic (exact) mass is 204 g/mol. The lowest BCUT2D eigenvalue weighted by atomic mass is 9.79. The molecule has 15 heavy (non-hydrogen) atoms. The third-order valence-corrected chi connectivity index (χ3v) is 5.38. The van der Waals surface area contributed by atoms with Crippen molar-refractivity contribution in [3.8, 4) is 0 Å². The summed E-state index contributed by atoms with van der Waals surface area (Å²) in [5.41, 5.74) is 4.97. The van der Waals surface area contributed by atoms with Crippen LogP contribution in [0.5, 0.6) is 0 Å². The van der Waals surface area contributed by atoms with E-state index in [0.29, 0.717) is 10.8 Å². The highest BCUT2D eigenvalue weighted by molar-refractivity contribution is 5.36. The predicted octanol–water partition coefficient (Wildman–Crippen LogP) is 4.56. The van der Waals surface area contributed by atoms with Crippen LogP contribution in [0.25, 0.3) is 0 Å². The Morgan fingerprint density at radius 1 is 1.13 bits per heavy atom. The Kier molecular flexibility index (Phi) is 1.79. The molecule has 84 valence electrons. The van der Waals surface area contributed by atoms with Crippen molar-refractivity contribution in [2.45, 2.75) is 59.8 Å². The van der Waals surface area contributed by atoms with Crippen molar-refractivity contribution in [3.05, 3.63) is 11.1 Å². The summed E-state index contributed by atoms with van der Waals surface area (Å²) >= 11 is 0. The van der Waals surface area contributed by atoms with E-state index in [-0.39, 0.29) is 0 Å². The highest BCUT2D eigenvalue weighted by atomic mass is 14.6. The first kappa shape index (κ1) is 9.93. The van der Waals surface area contributed by atoms with Gasteiger partial charge in [-0.3, -0.25) is 0 Å². The van der Waals surface area contributed by atoms with Crippen molar-refractivity contribution in [3.63, 3.8) is 0 Å².